The number of para-hydroxylation sites is 1. The van der Waals surface area contributed by atoms with Crippen molar-refractivity contribution in [2.75, 3.05) is 25.5 Å². The average molecular weight is 380 g/mol. The molecule has 2 aliphatic heterocycles. The molecule has 0 spiro atoms. The number of carbonyl (C=O) groups excluding carboxylic acids is 2. The monoisotopic (exact) mass is 380 g/mol. The minimum Gasteiger partial charge on any atom is -0.369 e. The van der Waals surface area contributed by atoms with Gasteiger partial charge in [0.2, 0.25) is 0 Å². The Morgan fingerprint density at radius 1 is 1.11 bits per heavy atom. The number of anilines is 1. The normalized spacial score (nSPS) is 22.7. The van der Waals surface area contributed by atoms with Gasteiger partial charge in [-0.3, -0.25) is 9.78 Å². The number of carbonyl (C=O) groups is 2. The first-order chi connectivity index (χ1) is 13.7. The van der Waals surface area contributed by atoms with Crippen LogP contribution in [0.25, 0.3) is 0 Å². The predicted molar refractivity (Wildman–Crippen MR) is 105 cm³/mol. The highest BCUT2D eigenvalue weighted by Crippen LogP contribution is 2.40. The third-order valence-corrected chi connectivity index (χ3v) is 5.56. The summed E-state index contributed by atoms with van der Waals surface area (Å²) >= 11 is 0. The smallest absolute Gasteiger partial charge is 0.321 e. The van der Waals surface area contributed by atoms with Crippen molar-refractivity contribution in [2.24, 2.45) is 0 Å². The van der Waals surface area contributed by atoms with E-state index in [1.807, 2.05) is 52.3 Å². The summed E-state index contributed by atoms with van der Waals surface area (Å²) in [6.45, 7) is 1.24. The summed E-state index contributed by atoms with van der Waals surface area (Å²) in [6, 6.07) is 13.2. The van der Waals surface area contributed by atoms with Crippen molar-refractivity contribution in [3.05, 3.63) is 60.4 Å². The molecule has 2 saturated heterocycles. The molecule has 3 heterocycles. The lowest BCUT2D eigenvalue weighted by molar-refractivity contribution is -0.178. The van der Waals surface area contributed by atoms with E-state index in [2.05, 4.69) is 10.3 Å². The van der Waals surface area contributed by atoms with Gasteiger partial charge in [0.25, 0.3) is 5.91 Å². The Balaban J connectivity index is 1.39. The highest BCUT2D eigenvalue weighted by Gasteiger charge is 2.51. The van der Waals surface area contributed by atoms with Gasteiger partial charge >= 0.3 is 6.03 Å². The fourth-order valence-electron chi connectivity index (χ4n) is 4.09. The van der Waals surface area contributed by atoms with Crippen LogP contribution in [0.4, 0.5) is 10.5 Å². The first kappa shape index (κ1) is 18.4. The van der Waals surface area contributed by atoms with Crippen LogP contribution in [0, 0.1) is 0 Å². The molecule has 1 N–H and O–H groups in total. The molecule has 7 nitrogen and oxygen atoms in total. The molecule has 0 unspecified atom stereocenters. The number of amides is 3. The Morgan fingerprint density at radius 2 is 1.79 bits per heavy atom. The fourth-order valence-corrected chi connectivity index (χ4v) is 4.09. The van der Waals surface area contributed by atoms with Crippen LogP contribution in [-0.2, 0) is 9.53 Å². The molecule has 4 rings (SSSR count). The Kier molecular flexibility index (Phi) is 5.25. The minimum absolute atomic E-state index is 0.0245. The summed E-state index contributed by atoms with van der Waals surface area (Å²) < 4.78 is 5.43. The lowest BCUT2D eigenvalue weighted by atomic mass is 9.86. The van der Waals surface area contributed by atoms with Crippen LogP contribution in [-0.4, -0.2) is 59.1 Å². The van der Waals surface area contributed by atoms with Crippen LogP contribution < -0.4 is 5.32 Å². The number of benzene rings is 1. The van der Waals surface area contributed by atoms with Gasteiger partial charge in [-0.2, -0.15) is 0 Å². The molecule has 146 valence electrons. The number of pyridine rings is 1. The molecule has 3 amide bonds. The molecule has 2 aliphatic rings. The maximum Gasteiger partial charge on any atom is 0.321 e. The Bertz CT molecular complexity index is 822. The van der Waals surface area contributed by atoms with Crippen LogP contribution >= 0.6 is 0 Å². The highest BCUT2D eigenvalue weighted by atomic mass is 16.5. The molecule has 2 fully saturated rings. The summed E-state index contributed by atoms with van der Waals surface area (Å²) in [5.41, 5.74) is 1.82. The van der Waals surface area contributed by atoms with Crippen molar-refractivity contribution in [1.29, 1.82) is 0 Å². The van der Waals surface area contributed by atoms with E-state index in [-0.39, 0.29) is 24.0 Å². The molecule has 1 aromatic carbocycles. The zero-order valence-electron chi connectivity index (χ0n) is 15.8. The van der Waals surface area contributed by atoms with Crippen LogP contribution in [0.15, 0.2) is 54.9 Å². The van der Waals surface area contributed by atoms with E-state index in [4.69, 9.17) is 4.74 Å². The van der Waals surface area contributed by atoms with E-state index in [0.29, 0.717) is 13.1 Å². The first-order valence-electron chi connectivity index (χ1n) is 9.55. The second-order valence-corrected chi connectivity index (χ2v) is 7.14. The Morgan fingerprint density at radius 3 is 2.43 bits per heavy atom. The van der Waals surface area contributed by atoms with Gasteiger partial charge in [0.15, 0.2) is 6.10 Å². The molecule has 2 atom stereocenters. The largest absolute Gasteiger partial charge is 0.369 e. The molecule has 0 saturated carbocycles. The first-order valence-corrected chi connectivity index (χ1v) is 9.55. The zero-order chi connectivity index (χ0) is 19.5. The average Bonchev–Trinajstić information content (AvgIpc) is 2.74. The SMILES string of the molecule is CO[C@H]1C(=O)N(C2CCN(C(=O)Nc3ccccc3)CC2)[C@H]1c1ccncc1. The van der Waals surface area contributed by atoms with E-state index in [1.54, 1.807) is 19.5 Å². The van der Waals surface area contributed by atoms with Gasteiger partial charge in [-0.05, 0) is 42.7 Å². The van der Waals surface area contributed by atoms with Gasteiger partial charge in [-0.1, -0.05) is 18.2 Å². The lowest BCUT2D eigenvalue weighted by Gasteiger charge is -2.52. The van der Waals surface area contributed by atoms with Crippen LogP contribution in [0.5, 0.6) is 0 Å². The van der Waals surface area contributed by atoms with E-state index >= 15 is 0 Å². The molecule has 0 radical (unpaired) electrons. The maximum absolute atomic E-state index is 12.6. The molecular formula is C21H24N4O3. The third-order valence-electron chi connectivity index (χ3n) is 5.56. The van der Waals surface area contributed by atoms with Gasteiger partial charge in [0.1, 0.15) is 0 Å². The highest BCUT2D eigenvalue weighted by molar-refractivity contribution is 5.90. The Hall–Kier alpha value is -2.93. The molecule has 7 heteroatoms. The van der Waals surface area contributed by atoms with Gasteiger partial charge in [-0.15, -0.1) is 0 Å². The van der Waals surface area contributed by atoms with E-state index < -0.39 is 6.10 Å². The van der Waals surface area contributed by atoms with Crippen LogP contribution in [0.2, 0.25) is 0 Å². The molecule has 0 aliphatic carbocycles. The Labute approximate surface area is 164 Å². The summed E-state index contributed by atoms with van der Waals surface area (Å²) in [5, 5.41) is 2.92. The number of β-lactam (4-membered cyclic amide) rings is 1. The molecule has 1 aromatic heterocycles. The topological polar surface area (TPSA) is 74.8 Å². The number of ether oxygens (including phenoxy) is 1. The van der Waals surface area contributed by atoms with E-state index in [0.717, 1.165) is 24.1 Å². The fraction of sp³-hybridized carbons (Fsp3) is 0.381. The number of aromatic nitrogens is 1. The van der Waals surface area contributed by atoms with Crippen molar-refractivity contribution >= 4 is 17.6 Å². The molecular weight excluding hydrogens is 356 g/mol. The van der Waals surface area contributed by atoms with Crippen molar-refractivity contribution in [1.82, 2.24) is 14.8 Å². The van der Waals surface area contributed by atoms with Crippen LogP contribution in [0.3, 0.4) is 0 Å². The lowest BCUT2D eigenvalue weighted by Crippen LogP contribution is -2.64. The number of nitrogens with zero attached hydrogens (tertiary/aromatic N) is 3. The molecule has 0 bridgehead atoms. The van der Waals surface area contributed by atoms with Crippen molar-refractivity contribution < 1.29 is 14.3 Å². The second-order valence-electron chi connectivity index (χ2n) is 7.14. The van der Waals surface area contributed by atoms with E-state index in [9.17, 15) is 9.59 Å². The number of hydrogen-bond donors (Lipinski definition) is 1. The quantitative estimate of drug-likeness (QED) is 0.828. The number of rotatable bonds is 4. The van der Waals surface area contributed by atoms with Crippen molar-refractivity contribution in [2.45, 2.75) is 31.0 Å². The number of urea groups is 1. The number of nitrogens with one attached hydrogen (secondary N) is 1. The van der Waals surface area contributed by atoms with Gasteiger partial charge in [0.05, 0.1) is 6.04 Å². The summed E-state index contributed by atoms with van der Waals surface area (Å²) in [7, 11) is 1.57. The van der Waals surface area contributed by atoms with Gasteiger partial charge in [-0.25, -0.2) is 4.79 Å². The van der Waals surface area contributed by atoms with Gasteiger partial charge < -0.3 is 19.9 Å². The third kappa shape index (κ3) is 3.45. The second kappa shape index (κ2) is 7.98. The van der Waals surface area contributed by atoms with Crippen molar-refractivity contribution in [3.8, 4) is 0 Å². The number of methoxy groups -OCH3 is 1. The van der Waals surface area contributed by atoms with Gasteiger partial charge in [0, 0.05) is 44.3 Å². The predicted octanol–water partition coefficient (Wildman–Crippen LogP) is 2.68. The summed E-state index contributed by atoms with van der Waals surface area (Å²) in [5.74, 6) is 0.0245. The van der Waals surface area contributed by atoms with Crippen LogP contribution in [0.1, 0.15) is 24.4 Å². The summed E-state index contributed by atoms with van der Waals surface area (Å²) in [6.07, 6.45) is 4.54. The minimum atomic E-state index is -0.443. The number of hydrogen-bond acceptors (Lipinski definition) is 4. The molecule has 28 heavy (non-hydrogen) atoms. The number of piperidine rings is 1. The summed E-state index contributed by atoms with van der Waals surface area (Å²) in [4.78, 5) is 32.9. The van der Waals surface area contributed by atoms with E-state index in [1.165, 1.54) is 0 Å². The zero-order valence-corrected chi connectivity index (χ0v) is 15.8. The molecule has 2 aromatic rings. The standard InChI is InChI=1S/C21H24N4O3/c1-28-19-18(15-7-11-22-12-8-15)25(20(19)26)17-9-13-24(14-10-17)21(27)23-16-5-3-2-4-6-16/h2-8,11-12,17-19H,9-10,13-14H2,1H3,(H,23,27)/t18-,19+/m0/s1. The van der Waals surface area contributed by atoms with Crippen molar-refractivity contribution in [3.63, 3.8) is 0 Å². The number of likely N-dealkylation sites (tertiary alicyclic amines) is 2. The maximum atomic E-state index is 12.6.